The predicted molar refractivity (Wildman–Crippen MR) is 87.9 cm³/mol. The number of nitrogens with zero attached hydrogens (tertiary/aromatic N) is 1. The Balaban J connectivity index is 2.16. The fourth-order valence-corrected chi connectivity index (χ4v) is 3.40. The molecule has 1 heterocycles. The fourth-order valence-electron chi connectivity index (χ4n) is 2.96. The van der Waals surface area contributed by atoms with Crippen LogP contribution in [0.1, 0.15) is 51.5 Å². The summed E-state index contributed by atoms with van der Waals surface area (Å²) in [5.41, 5.74) is 2.73. The van der Waals surface area contributed by atoms with Gasteiger partial charge < -0.3 is 4.42 Å². The first-order valence-electron chi connectivity index (χ1n) is 7.41. The number of fused-ring (bicyclic) bond motifs is 1. The lowest BCUT2D eigenvalue weighted by Gasteiger charge is -2.24. The lowest BCUT2D eigenvalue weighted by molar-refractivity contribution is 0.295. The Labute approximate surface area is 130 Å². The monoisotopic (exact) mass is 309 g/mol. The van der Waals surface area contributed by atoms with Crippen LogP contribution < -0.4 is 5.76 Å². The number of alkyl halides is 1. The van der Waals surface area contributed by atoms with E-state index in [1.54, 1.807) is 7.05 Å². The zero-order valence-corrected chi connectivity index (χ0v) is 14.2. The van der Waals surface area contributed by atoms with Crippen molar-refractivity contribution in [2.45, 2.75) is 45.9 Å². The van der Waals surface area contributed by atoms with Crippen LogP contribution in [0.15, 0.2) is 27.4 Å². The second kappa shape index (κ2) is 5.88. The van der Waals surface area contributed by atoms with Crippen molar-refractivity contribution >= 4 is 22.7 Å². The summed E-state index contributed by atoms with van der Waals surface area (Å²) in [6.07, 6.45) is 2.06. The highest BCUT2D eigenvalue weighted by Crippen LogP contribution is 2.34. The highest BCUT2D eigenvalue weighted by atomic mass is 35.5. The van der Waals surface area contributed by atoms with Gasteiger partial charge in [0.05, 0.1) is 10.9 Å². The third kappa shape index (κ3) is 3.91. The first kappa shape index (κ1) is 16.2. The molecule has 2 atom stereocenters. The number of hydrogen-bond donors (Lipinski definition) is 0. The Bertz CT molecular complexity index is 678. The Morgan fingerprint density at radius 2 is 2.00 bits per heavy atom. The summed E-state index contributed by atoms with van der Waals surface area (Å²) in [4.78, 5) is 11.5. The maximum Gasteiger partial charge on any atom is 0.419 e. The number of rotatable bonds is 4. The smallest absolute Gasteiger partial charge is 0.408 e. The molecule has 0 N–H and O–H groups in total. The maximum absolute atomic E-state index is 11.5. The first-order valence-corrected chi connectivity index (χ1v) is 7.84. The van der Waals surface area contributed by atoms with E-state index < -0.39 is 0 Å². The molecule has 0 spiro atoms. The van der Waals surface area contributed by atoms with Gasteiger partial charge in [-0.15, -0.1) is 11.6 Å². The van der Waals surface area contributed by atoms with E-state index in [1.807, 2.05) is 18.2 Å². The van der Waals surface area contributed by atoms with Gasteiger partial charge >= 0.3 is 5.76 Å². The molecule has 3 nitrogen and oxygen atoms in total. The van der Waals surface area contributed by atoms with Gasteiger partial charge in [0.1, 0.15) is 0 Å². The highest BCUT2D eigenvalue weighted by Gasteiger charge is 2.19. The predicted octanol–water partition coefficient (Wildman–Crippen LogP) is 4.87. The van der Waals surface area contributed by atoms with Crippen LogP contribution in [0.25, 0.3) is 11.1 Å². The molecule has 21 heavy (non-hydrogen) atoms. The van der Waals surface area contributed by atoms with Gasteiger partial charge in [0.25, 0.3) is 0 Å². The molecule has 0 bridgehead atoms. The third-order valence-corrected chi connectivity index (χ3v) is 4.18. The minimum absolute atomic E-state index is 0.0581. The van der Waals surface area contributed by atoms with E-state index in [-0.39, 0.29) is 11.1 Å². The molecule has 0 amide bonds. The molecule has 116 valence electrons. The first-order chi connectivity index (χ1) is 9.67. The van der Waals surface area contributed by atoms with Gasteiger partial charge in [-0.1, -0.05) is 33.8 Å². The average Bonchev–Trinajstić information content (AvgIpc) is 2.62. The van der Waals surface area contributed by atoms with E-state index >= 15 is 0 Å². The molecular weight excluding hydrogens is 286 g/mol. The molecule has 2 unspecified atom stereocenters. The summed E-state index contributed by atoms with van der Waals surface area (Å²) >= 11 is 6.55. The molecule has 4 heteroatoms. The average molecular weight is 310 g/mol. The molecule has 1 aromatic carbocycles. The largest absolute Gasteiger partial charge is 0.419 e. The lowest BCUT2D eigenvalue weighted by atomic mass is 9.83. The topological polar surface area (TPSA) is 35.1 Å². The molecule has 2 rings (SSSR count). The molecule has 1 aromatic heterocycles. The highest BCUT2D eigenvalue weighted by molar-refractivity contribution is 6.20. The van der Waals surface area contributed by atoms with E-state index in [4.69, 9.17) is 16.0 Å². The Hall–Kier alpha value is -1.22. The number of oxazole rings is 1. The molecule has 2 aromatic rings. The number of benzene rings is 1. The number of aromatic nitrogens is 1. The minimum Gasteiger partial charge on any atom is -0.408 e. The second-order valence-electron chi connectivity index (χ2n) is 7.23. The SMILES string of the molecule is CC(CC(Cl)c1ccc2c(c1)oc(=O)n2C)CC(C)(C)C. The summed E-state index contributed by atoms with van der Waals surface area (Å²) < 4.78 is 6.73. The van der Waals surface area contributed by atoms with E-state index in [0.29, 0.717) is 16.9 Å². The Kier molecular flexibility index (Phi) is 4.52. The van der Waals surface area contributed by atoms with Crippen molar-refractivity contribution < 1.29 is 4.42 Å². The normalized spacial score (nSPS) is 15.3. The van der Waals surface area contributed by atoms with Crippen molar-refractivity contribution in [2.24, 2.45) is 18.4 Å². The van der Waals surface area contributed by atoms with Crippen LogP contribution in [0.5, 0.6) is 0 Å². The van der Waals surface area contributed by atoms with Gasteiger partial charge in [0.2, 0.25) is 0 Å². The zero-order chi connectivity index (χ0) is 15.8. The fraction of sp³-hybridized carbons (Fsp3) is 0.588. The third-order valence-electron chi connectivity index (χ3n) is 3.75. The number of halogens is 1. The molecule has 0 aliphatic heterocycles. The van der Waals surface area contributed by atoms with Crippen LogP contribution in [0, 0.1) is 11.3 Å². The molecule has 0 aliphatic rings. The van der Waals surface area contributed by atoms with Crippen LogP contribution in [-0.4, -0.2) is 4.57 Å². The molecule has 0 saturated carbocycles. The van der Waals surface area contributed by atoms with Crippen molar-refractivity contribution in [3.8, 4) is 0 Å². The Morgan fingerprint density at radius 3 is 2.62 bits per heavy atom. The van der Waals surface area contributed by atoms with Crippen LogP contribution in [0.4, 0.5) is 0 Å². The van der Waals surface area contributed by atoms with Gasteiger partial charge in [-0.25, -0.2) is 4.79 Å². The van der Waals surface area contributed by atoms with Crippen molar-refractivity contribution in [3.05, 3.63) is 34.3 Å². The molecule has 0 fully saturated rings. The van der Waals surface area contributed by atoms with Gasteiger partial charge in [-0.3, -0.25) is 4.57 Å². The van der Waals surface area contributed by atoms with E-state index in [0.717, 1.165) is 23.9 Å². The summed E-state index contributed by atoms with van der Waals surface area (Å²) in [5, 5.41) is -0.0581. The van der Waals surface area contributed by atoms with Crippen molar-refractivity contribution in [1.82, 2.24) is 4.57 Å². The van der Waals surface area contributed by atoms with Gasteiger partial charge in [-0.05, 0) is 41.9 Å². The van der Waals surface area contributed by atoms with Crippen LogP contribution >= 0.6 is 11.6 Å². The standard InChI is InChI=1S/C17H24ClNO2/c1-11(10-17(2,3)4)8-13(18)12-6-7-14-15(9-12)21-16(20)19(14)5/h6-7,9,11,13H,8,10H2,1-5H3. The van der Waals surface area contributed by atoms with E-state index in [2.05, 4.69) is 27.7 Å². The van der Waals surface area contributed by atoms with Crippen LogP contribution in [0.3, 0.4) is 0 Å². The van der Waals surface area contributed by atoms with Crippen LogP contribution in [0.2, 0.25) is 0 Å². The molecule has 0 aliphatic carbocycles. The lowest BCUT2D eigenvalue weighted by Crippen LogP contribution is -2.12. The van der Waals surface area contributed by atoms with Gasteiger partial charge in [-0.2, -0.15) is 0 Å². The zero-order valence-electron chi connectivity index (χ0n) is 13.4. The van der Waals surface area contributed by atoms with Crippen molar-refractivity contribution in [1.29, 1.82) is 0 Å². The molecule has 0 radical (unpaired) electrons. The van der Waals surface area contributed by atoms with Crippen LogP contribution in [-0.2, 0) is 7.05 Å². The number of aryl methyl sites for hydroxylation is 1. The molecular formula is C17H24ClNO2. The molecule has 0 saturated heterocycles. The summed E-state index contributed by atoms with van der Waals surface area (Å²) in [6, 6.07) is 5.77. The summed E-state index contributed by atoms with van der Waals surface area (Å²) in [5.74, 6) is 0.209. The van der Waals surface area contributed by atoms with Gasteiger partial charge in [0.15, 0.2) is 5.58 Å². The van der Waals surface area contributed by atoms with Crippen molar-refractivity contribution in [2.75, 3.05) is 0 Å². The van der Waals surface area contributed by atoms with E-state index in [1.165, 1.54) is 4.57 Å². The minimum atomic E-state index is -0.339. The van der Waals surface area contributed by atoms with Crippen molar-refractivity contribution in [3.63, 3.8) is 0 Å². The maximum atomic E-state index is 11.5. The summed E-state index contributed by atoms with van der Waals surface area (Å²) in [6.45, 7) is 8.98. The number of hydrogen-bond acceptors (Lipinski definition) is 2. The van der Waals surface area contributed by atoms with E-state index in [9.17, 15) is 4.79 Å². The second-order valence-corrected chi connectivity index (χ2v) is 7.75. The quantitative estimate of drug-likeness (QED) is 0.755. The summed E-state index contributed by atoms with van der Waals surface area (Å²) in [7, 11) is 1.71. The Morgan fingerprint density at radius 1 is 1.33 bits per heavy atom. The van der Waals surface area contributed by atoms with Gasteiger partial charge in [0, 0.05) is 7.05 Å².